The van der Waals surface area contributed by atoms with Crippen molar-refractivity contribution in [1.82, 2.24) is 0 Å². The van der Waals surface area contributed by atoms with Gasteiger partial charge in [0.2, 0.25) is 0 Å². The maximum Gasteiger partial charge on any atom is 0.306 e. The Balaban J connectivity index is 4.12. The van der Waals surface area contributed by atoms with E-state index >= 15 is 0 Å². The van der Waals surface area contributed by atoms with Crippen molar-refractivity contribution in [3.63, 3.8) is 0 Å². The molecule has 0 heterocycles. The molecule has 1 unspecified atom stereocenters. The second-order valence-electron chi connectivity index (χ2n) is 25.6. The van der Waals surface area contributed by atoms with Crippen molar-refractivity contribution < 1.29 is 28.6 Å². The second kappa shape index (κ2) is 72.1. The number of hydrogen-bond acceptors (Lipinski definition) is 6. The summed E-state index contributed by atoms with van der Waals surface area (Å²) in [7, 11) is 0. The van der Waals surface area contributed by atoms with Gasteiger partial charge in [-0.15, -0.1) is 0 Å². The van der Waals surface area contributed by atoms with Crippen molar-refractivity contribution in [1.29, 1.82) is 0 Å². The molecule has 0 aliphatic carbocycles. The lowest BCUT2D eigenvalue weighted by Gasteiger charge is -2.18. The number of carbonyl (C=O) groups is 3. The minimum atomic E-state index is -0.769. The Bertz CT molecular complexity index is 1380. The molecule has 0 rings (SSSR count). The van der Waals surface area contributed by atoms with Crippen LogP contribution in [0.1, 0.15) is 419 Å². The van der Waals surface area contributed by atoms with E-state index in [1.54, 1.807) is 0 Å². The molecule has 488 valence electrons. The average molecular weight is 1170 g/mol. The molecule has 0 aromatic carbocycles. The number of esters is 3. The van der Waals surface area contributed by atoms with Crippen LogP contribution in [-0.2, 0) is 28.6 Å². The summed E-state index contributed by atoms with van der Waals surface area (Å²) in [4.78, 5) is 38.4. The van der Waals surface area contributed by atoms with Gasteiger partial charge >= 0.3 is 17.9 Å². The lowest BCUT2D eigenvalue weighted by atomic mass is 10.0. The largest absolute Gasteiger partial charge is 0.462 e. The fourth-order valence-corrected chi connectivity index (χ4v) is 11.5. The summed E-state index contributed by atoms with van der Waals surface area (Å²) >= 11 is 0. The van der Waals surface area contributed by atoms with E-state index in [0.29, 0.717) is 19.3 Å². The first-order chi connectivity index (χ1) is 41.0. The van der Waals surface area contributed by atoms with Crippen LogP contribution in [0.3, 0.4) is 0 Å². The van der Waals surface area contributed by atoms with Gasteiger partial charge < -0.3 is 14.2 Å². The molecule has 0 fully saturated rings. The van der Waals surface area contributed by atoms with Gasteiger partial charge in [-0.2, -0.15) is 0 Å². The van der Waals surface area contributed by atoms with E-state index in [2.05, 4.69) is 57.2 Å². The zero-order valence-electron chi connectivity index (χ0n) is 56.2. The SMILES string of the molecule is CCCCCCC/C=C\C/C=C\CCCCCCCCCCCCCCCCCCCCCC(=O)OCC(COC(=O)CCCCCCCCCCCCC)OC(=O)CCCCCCCCCCCCC/C=C\CCCCCCCCCC. The number of rotatable bonds is 70. The first kappa shape index (κ1) is 80.6. The molecule has 6 nitrogen and oxygen atoms in total. The summed E-state index contributed by atoms with van der Waals surface area (Å²) in [5.74, 6) is -0.836. The van der Waals surface area contributed by atoms with Gasteiger partial charge in [0.25, 0.3) is 0 Å². The molecular formula is C77H144O6. The van der Waals surface area contributed by atoms with Crippen LogP contribution in [0.25, 0.3) is 0 Å². The second-order valence-corrected chi connectivity index (χ2v) is 25.6. The maximum atomic E-state index is 13.0. The molecule has 1 atom stereocenters. The fraction of sp³-hybridized carbons (Fsp3) is 0.883. The predicted octanol–water partition coefficient (Wildman–Crippen LogP) is 25.9. The highest BCUT2D eigenvalue weighted by atomic mass is 16.6. The van der Waals surface area contributed by atoms with E-state index in [9.17, 15) is 14.4 Å². The van der Waals surface area contributed by atoms with Crippen molar-refractivity contribution in [3.05, 3.63) is 36.5 Å². The molecule has 0 N–H and O–H groups in total. The Hall–Kier alpha value is -2.37. The van der Waals surface area contributed by atoms with Crippen LogP contribution < -0.4 is 0 Å². The van der Waals surface area contributed by atoms with Gasteiger partial charge in [0.15, 0.2) is 6.10 Å². The Morgan fingerprint density at radius 3 is 0.675 bits per heavy atom. The highest BCUT2D eigenvalue weighted by molar-refractivity contribution is 5.71. The predicted molar refractivity (Wildman–Crippen MR) is 362 cm³/mol. The third-order valence-electron chi connectivity index (χ3n) is 17.1. The van der Waals surface area contributed by atoms with Gasteiger partial charge in [0.1, 0.15) is 13.2 Å². The summed E-state index contributed by atoms with van der Waals surface area (Å²) in [6.45, 7) is 6.70. The van der Waals surface area contributed by atoms with E-state index in [-0.39, 0.29) is 31.1 Å². The van der Waals surface area contributed by atoms with Gasteiger partial charge in [-0.05, 0) is 77.0 Å². The first-order valence-corrected chi connectivity index (χ1v) is 37.5. The van der Waals surface area contributed by atoms with E-state index < -0.39 is 6.10 Å². The van der Waals surface area contributed by atoms with Crippen molar-refractivity contribution >= 4 is 17.9 Å². The van der Waals surface area contributed by atoms with E-state index in [1.807, 2.05) is 0 Å². The minimum Gasteiger partial charge on any atom is -0.462 e. The van der Waals surface area contributed by atoms with Gasteiger partial charge in [-0.3, -0.25) is 14.4 Å². The minimum absolute atomic E-state index is 0.0659. The smallest absolute Gasteiger partial charge is 0.306 e. The van der Waals surface area contributed by atoms with Gasteiger partial charge in [0, 0.05) is 19.3 Å². The maximum absolute atomic E-state index is 13.0. The zero-order chi connectivity index (χ0) is 59.9. The Morgan fingerprint density at radius 1 is 0.241 bits per heavy atom. The third-order valence-corrected chi connectivity index (χ3v) is 17.1. The molecule has 0 aromatic rings. The molecule has 0 aliphatic heterocycles. The zero-order valence-corrected chi connectivity index (χ0v) is 56.2. The first-order valence-electron chi connectivity index (χ1n) is 37.5. The van der Waals surface area contributed by atoms with E-state index in [1.165, 1.54) is 315 Å². The molecule has 83 heavy (non-hydrogen) atoms. The van der Waals surface area contributed by atoms with Gasteiger partial charge in [-0.25, -0.2) is 0 Å². The molecule has 0 bridgehead atoms. The number of allylic oxidation sites excluding steroid dienone is 6. The van der Waals surface area contributed by atoms with Crippen LogP contribution in [0.2, 0.25) is 0 Å². The fourth-order valence-electron chi connectivity index (χ4n) is 11.5. The summed E-state index contributed by atoms with van der Waals surface area (Å²) < 4.78 is 17.0. The van der Waals surface area contributed by atoms with Gasteiger partial charge in [-0.1, -0.05) is 359 Å². The average Bonchev–Trinajstić information content (AvgIpc) is 3.48. The van der Waals surface area contributed by atoms with E-state index in [4.69, 9.17) is 14.2 Å². The molecule has 0 radical (unpaired) electrons. The number of ether oxygens (including phenoxy) is 3. The van der Waals surface area contributed by atoms with Crippen molar-refractivity contribution in [2.75, 3.05) is 13.2 Å². The van der Waals surface area contributed by atoms with Gasteiger partial charge in [0.05, 0.1) is 0 Å². The number of carbonyl (C=O) groups excluding carboxylic acids is 3. The highest BCUT2D eigenvalue weighted by Crippen LogP contribution is 2.19. The summed E-state index contributed by atoms with van der Waals surface area (Å²) in [5.41, 5.74) is 0. The van der Waals surface area contributed by atoms with Crippen molar-refractivity contribution in [3.8, 4) is 0 Å². The highest BCUT2D eigenvalue weighted by Gasteiger charge is 2.20. The summed E-state index contributed by atoms with van der Waals surface area (Å²) in [6, 6.07) is 0. The molecular weight excluding hydrogens is 1020 g/mol. The summed E-state index contributed by atoms with van der Waals surface area (Å²) in [6.07, 6.45) is 90.6. The summed E-state index contributed by atoms with van der Waals surface area (Å²) in [5, 5.41) is 0. The van der Waals surface area contributed by atoms with Crippen LogP contribution in [-0.4, -0.2) is 37.2 Å². The Morgan fingerprint density at radius 2 is 0.434 bits per heavy atom. The van der Waals surface area contributed by atoms with Crippen molar-refractivity contribution in [2.24, 2.45) is 0 Å². The molecule has 0 saturated carbocycles. The molecule has 0 spiro atoms. The monoisotopic (exact) mass is 1170 g/mol. The quantitative estimate of drug-likeness (QED) is 0.0261. The van der Waals surface area contributed by atoms with Crippen LogP contribution >= 0.6 is 0 Å². The molecule has 0 saturated heterocycles. The topological polar surface area (TPSA) is 78.9 Å². The standard InChI is InChI=1S/C77H144O6/c1-4-7-10-13-16-19-22-24-26-28-30-32-34-35-36-37-38-39-40-41-43-44-46-48-50-52-55-58-61-64-67-70-76(79)82-73-74(72-81-75(78)69-66-63-60-57-54-21-18-15-12-9-6-3)83-77(80)71-68-65-62-59-56-53-51-49-47-45-42-33-31-29-27-25-23-20-17-14-11-8-5-2/h22,24,28-31,74H,4-21,23,25-27,32-73H2,1-3H3/b24-22-,30-28-,31-29-. The van der Waals surface area contributed by atoms with Crippen LogP contribution in [0.5, 0.6) is 0 Å². The Kier molecular flexibility index (Phi) is 70.0. The number of unbranched alkanes of at least 4 members (excludes halogenated alkanes) is 53. The normalized spacial score (nSPS) is 12.2. The Labute approximate surface area is 518 Å². The van der Waals surface area contributed by atoms with E-state index in [0.717, 1.165) is 64.2 Å². The van der Waals surface area contributed by atoms with Crippen molar-refractivity contribution in [2.45, 2.75) is 425 Å². The number of hydrogen-bond donors (Lipinski definition) is 0. The van der Waals surface area contributed by atoms with Crippen LogP contribution in [0.15, 0.2) is 36.5 Å². The molecule has 0 aromatic heterocycles. The molecule has 6 heteroatoms. The van der Waals surface area contributed by atoms with Crippen LogP contribution in [0, 0.1) is 0 Å². The lowest BCUT2D eigenvalue weighted by molar-refractivity contribution is -0.167. The third kappa shape index (κ3) is 70.3. The molecule has 0 aliphatic rings. The van der Waals surface area contributed by atoms with Crippen LogP contribution in [0.4, 0.5) is 0 Å². The lowest BCUT2D eigenvalue weighted by Crippen LogP contribution is -2.30. The molecule has 0 amide bonds.